The molecular weight excluding hydrogens is 413 g/mol. The average Bonchev–Trinajstić information content (AvgIpc) is 3.35. The number of nitrogens with one attached hydrogen (secondary N) is 2. The zero-order valence-electron chi connectivity index (χ0n) is 17.0. The van der Waals surface area contributed by atoms with E-state index in [1.54, 1.807) is 0 Å². The van der Waals surface area contributed by atoms with E-state index < -0.39 is 23.6 Å². The van der Waals surface area contributed by atoms with E-state index in [2.05, 4.69) is 15.3 Å². The average molecular weight is 438 g/mol. The van der Waals surface area contributed by atoms with Gasteiger partial charge in [-0.1, -0.05) is 30.3 Å². The number of aromatic amines is 1. The maximum absolute atomic E-state index is 12.8. The number of ether oxygens (including phenoxy) is 2. The lowest BCUT2D eigenvalue weighted by atomic mass is 9.88. The first-order valence-electron chi connectivity index (χ1n) is 10.3. The van der Waals surface area contributed by atoms with Crippen molar-refractivity contribution in [3.8, 4) is 0 Å². The fourth-order valence-electron chi connectivity index (χ4n) is 4.28. The number of alkyl halides is 3. The number of imidazole rings is 1. The van der Waals surface area contributed by atoms with Crippen LogP contribution in [-0.2, 0) is 28.8 Å². The summed E-state index contributed by atoms with van der Waals surface area (Å²) < 4.78 is 49.6. The molecule has 2 aromatic rings. The van der Waals surface area contributed by atoms with Gasteiger partial charge in [0.25, 0.3) is 0 Å². The Bertz CT molecular complexity index is 889. The summed E-state index contributed by atoms with van der Waals surface area (Å²) >= 11 is 0. The molecule has 7 nitrogen and oxygen atoms in total. The van der Waals surface area contributed by atoms with Crippen LogP contribution in [-0.4, -0.2) is 52.3 Å². The predicted octanol–water partition coefficient (Wildman–Crippen LogP) is 3.48. The van der Waals surface area contributed by atoms with Crippen molar-refractivity contribution < 1.29 is 27.4 Å². The number of aromatic nitrogens is 2. The van der Waals surface area contributed by atoms with Crippen LogP contribution in [0.1, 0.15) is 36.3 Å². The Morgan fingerprint density at radius 1 is 1.35 bits per heavy atom. The number of carbonyl (C=O) groups excluding carboxylic acids is 1. The van der Waals surface area contributed by atoms with E-state index in [9.17, 15) is 18.0 Å². The van der Waals surface area contributed by atoms with Crippen molar-refractivity contribution in [1.82, 2.24) is 20.2 Å². The van der Waals surface area contributed by atoms with Crippen LogP contribution in [0.2, 0.25) is 0 Å². The summed E-state index contributed by atoms with van der Waals surface area (Å²) in [4.78, 5) is 20.4. The Morgan fingerprint density at radius 3 is 2.90 bits per heavy atom. The largest absolute Gasteiger partial charge is 0.445 e. The number of hydrogen-bond donors (Lipinski definition) is 2. The Balaban J connectivity index is 1.27. The van der Waals surface area contributed by atoms with Gasteiger partial charge in [-0.15, -0.1) is 0 Å². The van der Waals surface area contributed by atoms with Crippen molar-refractivity contribution in [3.63, 3.8) is 0 Å². The van der Waals surface area contributed by atoms with Crippen LogP contribution >= 0.6 is 0 Å². The van der Waals surface area contributed by atoms with Crippen molar-refractivity contribution >= 4 is 6.09 Å². The number of halogens is 3. The predicted molar refractivity (Wildman–Crippen MR) is 105 cm³/mol. The van der Waals surface area contributed by atoms with Gasteiger partial charge < -0.3 is 19.8 Å². The molecular formula is C21H25F3N4O3. The van der Waals surface area contributed by atoms with Gasteiger partial charge in [-0.05, 0) is 24.9 Å². The number of nitrogens with zero attached hydrogens (tertiary/aromatic N) is 2. The Morgan fingerprint density at radius 2 is 2.16 bits per heavy atom. The summed E-state index contributed by atoms with van der Waals surface area (Å²) in [7, 11) is 0. The molecule has 1 aromatic heterocycles. The molecule has 1 spiro atoms. The molecule has 2 aliphatic heterocycles. The number of likely N-dealkylation sites (tertiary alicyclic amines) is 1. The molecule has 0 saturated carbocycles. The van der Waals surface area contributed by atoms with Gasteiger partial charge in [0.2, 0.25) is 0 Å². The summed E-state index contributed by atoms with van der Waals surface area (Å²) in [5.74, 6) is 0.279. The van der Waals surface area contributed by atoms with Crippen LogP contribution in [0, 0.1) is 0 Å². The quantitative estimate of drug-likeness (QED) is 0.747. The second-order valence-corrected chi connectivity index (χ2v) is 8.16. The minimum Gasteiger partial charge on any atom is -0.445 e. The second kappa shape index (κ2) is 8.88. The second-order valence-electron chi connectivity index (χ2n) is 8.16. The van der Waals surface area contributed by atoms with Crippen LogP contribution in [0.15, 0.2) is 36.5 Å². The zero-order chi connectivity index (χ0) is 21.9. The molecule has 168 valence electrons. The van der Waals surface area contributed by atoms with Crippen molar-refractivity contribution in [1.29, 1.82) is 0 Å². The summed E-state index contributed by atoms with van der Waals surface area (Å²) in [6, 6.07) is 9.26. The SMILES string of the molecule is O=C(NC1COC2(CCCN(Cc3ncc(C(F)(F)F)[nH]3)C2)C1)OCc1ccccc1. The highest BCUT2D eigenvalue weighted by atomic mass is 19.4. The van der Waals surface area contributed by atoms with E-state index in [0.717, 1.165) is 31.1 Å². The fourth-order valence-corrected chi connectivity index (χ4v) is 4.28. The first kappa shape index (κ1) is 21.6. The molecule has 1 aromatic carbocycles. The molecule has 4 rings (SSSR count). The number of rotatable bonds is 5. The number of carbonyl (C=O) groups is 1. The van der Waals surface area contributed by atoms with Crippen LogP contribution in [0.5, 0.6) is 0 Å². The molecule has 2 atom stereocenters. The van der Waals surface area contributed by atoms with Crippen molar-refractivity contribution in [2.75, 3.05) is 19.7 Å². The normalized spacial score (nSPS) is 24.4. The Labute approximate surface area is 177 Å². The third-order valence-electron chi connectivity index (χ3n) is 5.67. The minimum atomic E-state index is -4.43. The van der Waals surface area contributed by atoms with Crippen LogP contribution < -0.4 is 5.32 Å². The first-order valence-corrected chi connectivity index (χ1v) is 10.3. The van der Waals surface area contributed by atoms with E-state index >= 15 is 0 Å². The van der Waals surface area contributed by atoms with Gasteiger partial charge in [-0.25, -0.2) is 9.78 Å². The van der Waals surface area contributed by atoms with E-state index in [0.29, 0.717) is 26.1 Å². The molecule has 2 fully saturated rings. The lowest BCUT2D eigenvalue weighted by Crippen LogP contribution is -2.48. The number of H-pyrrole nitrogens is 1. The van der Waals surface area contributed by atoms with Gasteiger partial charge in [0.15, 0.2) is 0 Å². The van der Waals surface area contributed by atoms with Gasteiger partial charge in [-0.2, -0.15) is 13.2 Å². The molecule has 0 radical (unpaired) electrons. The third kappa shape index (κ3) is 5.56. The molecule has 0 aliphatic carbocycles. The zero-order valence-corrected chi connectivity index (χ0v) is 17.0. The smallest absolute Gasteiger partial charge is 0.432 e. The van der Waals surface area contributed by atoms with Crippen LogP contribution in [0.25, 0.3) is 0 Å². The summed E-state index contributed by atoms with van der Waals surface area (Å²) in [6.07, 6.45) is -1.77. The number of alkyl carbamates (subject to hydrolysis) is 1. The molecule has 2 saturated heterocycles. The van der Waals surface area contributed by atoms with Crippen molar-refractivity contribution in [3.05, 3.63) is 53.6 Å². The maximum atomic E-state index is 12.8. The molecule has 10 heteroatoms. The molecule has 3 heterocycles. The Hall–Kier alpha value is -2.59. The van der Waals surface area contributed by atoms with Gasteiger partial charge in [0.1, 0.15) is 18.1 Å². The van der Waals surface area contributed by atoms with Crippen molar-refractivity contribution in [2.24, 2.45) is 0 Å². The monoisotopic (exact) mass is 438 g/mol. The van der Waals surface area contributed by atoms with Gasteiger partial charge in [-0.3, -0.25) is 4.90 Å². The van der Waals surface area contributed by atoms with Gasteiger partial charge >= 0.3 is 12.3 Å². The molecule has 2 unspecified atom stereocenters. The summed E-state index contributed by atoms with van der Waals surface area (Å²) in [6.45, 7) is 2.20. The number of benzene rings is 1. The molecule has 1 amide bonds. The lowest BCUT2D eigenvalue weighted by Gasteiger charge is -2.39. The first-order chi connectivity index (χ1) is 14.8. The lowest BCUT2D eigenvalue weighted by molar-refractivity contribution is -0.141. The van der Waals surface area contributed by atoms with Crippen LogP contribution in [0.3, 0.4) is 0 Å². The highest BCUT2D eigenvalue weighted by Gasteiger charge is 2.44. The number of amides is 1. The maximum Gasteiger partial charge on any atom is 0.432 e. The molecule has 0 bridgehead atoms. The van der Waals surface area contributed by atoms with Gasteiger partial charge in [0, 0.05) is 13.0 Å². The van der Waals surface area contributed by atoms with Crippen molar-refractivity contribution in [2.45, 2.75) is 50.2 Å². The highest BCUT2D eigenvalue weighted by molar-refractivity contribution is 5.67. The van der Waals surface area contributed by atoms with E-state index in [4.69, 9.17) is 9.47 Å². The van der Waals surface area contributed by atoms with Crippen LogP contribution in [0.4, 0.5) is 18.0 Å². The Kier molecular flexibility index (Phi) is 6.19. The fraction of sp³-hybridized carbons (Fsp3) is 0.524. The standard InChI is InChI=1S/C21H25F3N4O3/c22-21(23,24)17-10-25-18(27-17)11-28-8-4-7-20(14-28)9-16(13-31-20)26-19(29)30-12-15-5-2-1-3-6-15/h1-3,5-6,10,16H,4,7-9,11-14H2,(H,25,27)(H,26,29). The third-order valence-corrected chi connectivity index (χ3v) is 5.67. The topological polar surface area (TPSA) is 79.5 Å². The number of hydrogen-bond acceptors (Lipinski definition) is 5. The van der Waals surface area contributed by atoms with E-state index in [1.807, 2.05) is 35.2 Å². The molecule has 2 N–H and O–H groups in total. The summed E-state index contributed by atoms with van der Waals surface area (Å²) in [5.41, 5.74) is -0.356. The highest BCUT2D eigenvalue weighted by Crippen LogP contribution is 2.35. The van der Waals surface area contributed by atoms with E-state index in [-0.39, 0.29) is 18.5 Å². The van der Waals surface area contributed by atoms with Gasteiger partial charge in [0.05, 0.1) is 31.0 Å². The minimum absolute atomic E-state index is 0.163. The summed E-state index contributed by atoms with van der Waals surface area (Å²) in [5, 5.41) is 2.86. The molecule has 2 aliphatic rings. The number of piperidine rings is 1. The molecule has 31 heavy (non-hydrogen) atoms. The van der Waals surface area contributed by atoms with E-state index in [1.165, 1.54) is 0 Å².